The molecule has 1 aromatic heterocycles. The van der Waals surface area contributed by atoms with Gasteiger partial charge in [0, 0.05) is 41.0 Å². The largest absolute Gasteiger partial charge is 0.370 e. The second kappa shape index (κ2) is 8.02. The Morgan fingerprint density at radius 3 is 2.33 bits per heavy atom. The molecule has 6 heteroatoms. The number of rotatable bonds is 8. The molecule has 0 saturated heterocycles. The normalized spacial score (nSPS) is 12.2. The predicted octanol–water partition coefficient (Wildman–Crippen LogP) is 1.79. The van der Waals surface area contributed by atoms with Crippen LogP contribution in [0.5, 0.6) is 0 Å². The molecule has 18 heavy (non-hydrogen) atoms. The number of hydrogen-bond donors (Lipinski definition) is 2. The maximum absolute atomic E-state index is 11.3. The number of hydrogen-bond acceptors (Lipinski definition) is 5. The van der Waals surface area contributed by atoms with Gasteiger partial charge in [-0.15, -0.1) is 0 Å². The van der Waals surface area contributed by atoms with Crippen LogP contribution in [0.4, 0.5) is 11.6 Å². The van der Waals surface area contributed by atoms with Gasteiger partial charge < -0.3 is 10.6 Å². The Balaban J connectivity index is 2.57. The average Bonchev–Trinajstić information content (AvgIpc) is 2.39. The lowest BCUT2D eigenvalue weighted by Crippen LogP contribution is -2.14. The van der Waals surface area contributed by atoms with Gasteiger partial charge in [0.1, 0.15) is 18.0 Å². The lowest BCUT2D eigenvalue weighted by atomic mass is 10.3. The summed E-state index contributed by atoms with van der Waals surface area (Å²) in [6, 6.07) is 0. The molecule has 0 aliphatic rings. The Morgan fingerprint density at radius 1 is 1.17 bits per heavy atom. The second-order valence-corrected chi connectivity index (χ2v) is 5.85. The van der Waals surface area contributed by atoms with Crippen molar-refractivity contribution in [1.82, 2.24) is 9.97 Å². The highest BCUT2D eigenvalue weighted by molar-refractivity contribution is 7.84. The summed E-state index contributed by atoms with van der Waals surface area (Å²) < 4.78 is 11.3. The highest BCUT2D eigenvalue weighted by Crippen LogP contribution is 2.17. The molecule has 5 nitrogen and oxygen atoms in total. The van der Waals surface area contributed by atoms with Gasteiger partial charge in [-0.3, -0.25) is 4.21 Å². The first kappa shape index (κ1) is 14.9. The molecule has 0 aromatic carbocycles. The van der Waals surface area contributed by atoms with Gasteiger partial charge in [-0.1, -0.05) is 13.8 Å². The Hall–Kier alpha value is -1.17. The van der Waals surface area contributed by atoms with Gasteiger partial charge in [-0.05, 0) is 13.3 Å². The van der Waals surface area contributed by atoms with E-state index in [0.29, 0.717) is 18.1 Å². The Labute approximate surface area is 111 Å². The highest BCUT2D eigenvalue weighted by Gasteiger charge is 2.06. The van der Waals surface area contributed by atoms with Crippen molar-refractivity contribution >= 4 is 22.4 Å². The zero-order chi connectivity index (χ0) is 13.4. The summed E-state index contributed by atoms with van der Waals surface area (Å²) in [4.78, 5) is 8.42. The van der Waals surface area contributed by atoms with Crippen molar-refractivity contribution in [3.8, 4) is 0 Å². The molecule has 1 atom stereocenters. The molecule has 102 valence electrons. The zero-order valence-corrected chi connectivity index (χ0v) is 12.1. The molecule has 1 unspecified atom stereocenters. The molecular weight excluding hydrogens is 248 g/mol. The van der Waals surface area contributed by atoms with Crippen LogP contribution < -0.4 is 10.6 Å². The molecule has 0 saturated carbocycles. The quantitative estimate of drug-likeness (QED) is 0.754. The summed E-state index contributed by atoms with van der Waals surface area (Å²) in [5.41, 5.74) is 1.01. The lowest BCUT2D eigenvalue weighted by molar-refractivity contribution is 0.684. The molecule has 0 spiro atoms. The van der Waals surface area contributed by atoms with Gasteiger partial charge in [-0.2, -0.15) is 0 Å². The van der Waals surface area contributed by atoms with Crippen molar-refractivity contribution in [3.63, 3.8) is 0 Å². The van der Waals surface area contributed by atoms with Crippen LogP contribution in [-0.2, 0) is 10.8 Å². The van der Waals surface area contributed by atoms with Crippen molar-refractivity contribution in [1.29, 1.82) is 0 Å². The van der Waals surface area contributed by atoms with E-state index in [1.807, 2.05) is 13.8 Å². The molecule has 0 amide bonds. The minimum Gasteiger partial charge on any atom is -0.370 e. The number of aromatic nitrogens is 2. The first-order chi connectivity index (χ1) is 8.69. The fourth-order valence-electron chi connectivity index (χ4n) is 1.48. The lowest BCUT2D eigenvalue weighted by Gasteiger charge is -2.12. The monoisotopic (exact) mass is 270 g/mol. The number of anilines is 2. The summed E-state index contributed by atoms with van der Waals surface area (Å²) in [6.45, 7) is 7.60. The van der Waals surface area contributed by atoms with E-state index >= 15 is 0 Å². The molecule has 0 aliphatic heterocycles. The summed E-state index contributed by atoms with van der Waals surface area (Å²) >= 11 is 0. The topological polar surface area (TPSA) is 66.9 Å². The SMILES string of the molecule is CCCNc1ncnc(NCCS(=O)CC)c1C. The third-order valence-corrected chi connectivity index (χ3v) is 3.87. The highest BCUT2D eigenvalue weighted by atomic mass is 32.2. The van der Waals surface area contributed by atoms with Crippen molar-refractivity contribution in [2.24, 2.45) is 0 Å². The fourth-order valence-corrected chi connectivity index (χ4v) is 2.10. The van der Waals surface area contributed by atoms with Crippen LogP contribution >= 0.6 is 0 Å². The molecule has 1 heterocycles. The van der Waals surface area contributed by atoms with Gasteiger partial charge in [0.15, 0.2) is 0 Å². The summed E-state index contributed by atoms with van der Waals surface area (Å²) in [6.07, 6.45) is 2.60. The van der Waals surface area contributed by atoms with Crippen LogP contribution in [0.25, 0.3) is 0 Å². The Kier molecular flexibility index (Phi) is 6.64. The van der Waals surface area contributed by atoms with Crippen molar-refractivity contribution in [2.45, 2.75) is 27.2 Å². The molecule has 0 radical (unpaired) electrons. The first-order valence-corrected chi connectivity index (χ1v) is 7.82. The van der Waals surface area contributed by atoms with E-state index in [-0.39, 0.29) is 0 Å². The van der Waals surface area contributed by atoms with Gasteiger partial charge in [-0.25, -0.2) is 9.97 Å². The van der Waals surface area contributed by atoms with Crippen LogP contribution in [0.1, 0.15) is 25.8 Å². The van der Waals surface area contributed by atoms with Crippen molar-refractivity contribution in [3.05, 3.63) is 11.9 Å². The summed E-state index contributed by atoms with van der Waals surface area (Å²) in [5, 5.41) is 6.47. The van der Waals surface area contributed by atoms with Crippen LogP contribution in [-0.4, -0.2) is 38.8 Å². The van der Waals surface area contributed by atoms with Crippen molar-refractivity contribution < 1.29 is 4.21 Å². The minimum absolute atomic E-state index is 0.650. The van der Waals surface area contributed by atoms with Gasteiger partial charge >= 0.3 is 0 Å². The second-order valence-electron chi connectivity index (χ2n) is 3.98. The molecule has 1 rings (SSSR count). The standard InChI is InChI=1S/C12H22N4OS/c1-4-6-13-11-10(3)12(16-9-15-11)14-7-8-18(17)5-2/h9H,4-8H2,1-3H3,(H2,13,14,15,16). The van der Waals surface area contributed by atoms with Crippen molar-refractivity contribution in [2.75, 3.05) is 35.2 Å². The van der Waals surface area contributed by atoms with E-state index in [9.17, 15) is 4.21 Å². The minimum atomic E-state index is -0.739. The summed E-state index contributed by atoms with van der Waals surface area (Å²) in [5.74, 6) is 3.04. The molecule has 0 aliphatic carbocycles. The maximum atomic E-state index is 11.3. The fraction of sp³-hybridized carbons (Fsp3) is 0.667. The average molecular weight is 270 g/mol. The van der Waals surface area contributed by atoms with Crippen LogP contribution in [0, 0.1) is 6.92 Å². The Morgan fingerprint density at radius 2 is 1.78 bits per heavy atom. The molecular formula is C12H22N4OS. The van der Waals surface area contributed by atoms with Crippen LogP contribution in [0.15, 0.2) is 6.33 Å². The molecule has 1 aromatic rings. The van der Waals surface area contributed by atoms with E-state index in [2.05, 4.69) is 27.5 Å². The van der Waals surface area contributed by atoms with Crippen LogP contribution in [0.3, 0.4) is 0 Å². The maximum Gasteiger partial charge on any atom is 0.134 e. The van der Waals surface area contributed by atoms with E-state index in [4.69, 9.17) is 0 Å². The van der Waals surface area contributed by atoms with Crippen LogP contribution in [0.2, 0.25) is 0 Å². The smallest absolute Gasteiger partial charge is 0.134 e. The predicted molar refractivity (Wildman–Crippen MR) is 77.6 cm³/mol. The molecule has 0 fully saturated rings. The molecule has 2 N–H and O–H groups in total. The van der Waals surface area contributed by atoms with Gasteiger partial charge in [0.25, 0.3) is 0 Å². The third-order valence-electron chi connectivity index (χ3n) is 2.57. The third kappa shape index (κ3) is 4.60. The number of nitrogens with one attached hydrogen (secondary N) is 2. The number of nitrogens with zero attached hydrogens (tertiary/aromatic N) is 2. The van der Waals surface area contributed by atoms with E-state index in [0.717, 1.165) is 30.2 Å². The van der Waals surface area contributed by atoms with Gasteiger partial charge in [0.2, 0.25) is 0 Å². The van der Waals surface area contributed by atoms with E-state index in [1.54, 1.807) is 6.33 Å². The zero-order valence-electron chi connectivity index (χ0n) is 11.3. The van der Waals surface area contributed by atoms with E-state index in [1.165, 1.54) is 0 Å². The van der Waals surface area contributed by atoms with Gasteiger partial charge in [0.05, 0.1) is 0 Å². The first-order valence-electron chi connectivity index (χ1n) is 6.33. The molecule has 0 bridgehead atoms. The Bertz CT molecular complexity index is 398. The summed E-state index contributed by atoms with van der Waals surface area (Å²) in [7, 11) is -0.739. The van der Waals surface area contributed by atoms with E-state index < -0.39 is 10.8 Å².